The van der Waals surface area contributed by atoms with Gasteiger partial charge in [0.1, 0.15) is 0 Å². The quantitative estimate of drug-likeness (QED) is 0.771. The molecule has 2 rings (SSSR count). The Labute approximate surface area is 137 Å². The van der Waals surface area contributed by atoms with Gasteiger partial charge in [-0.2, -0.15) is 0 Å². The Morgan fingerprint density at radius 1 is 0.773 bits per heavy atom. The van der Waals surface area contributed by atoms with Crippen molar-refractivity contribution in [1.82, 2.24) is 4.90 Å². The van der Waals surface area contributed by atoms with E-state index in [4.69, 9.17) is 9.47 Å². The highest BCUT2D eigenvalue weighted by Crippen LogP contribution is 2.30. The molecule has 22 heavy (non-hydrogen) atoms. The Morgan fingerprint density at radius 3 is 1.91 bits per heavy atom. The van der Waals surface area contributed by atoms with Crippen LogP contribution in [0.2, 0.25) is 0 Å². The van der Waals surface area contributed by atoms with Crippen molar-refractivity contribution in [2.75, 3.05) is 13.1 Å². The highest BCUT2D eigenvalue weighted by Gasteiger charge is 2.31. The molecule has 0 unspecified atom stereocenters. The van der Waals surface area contributed by atoms with Crippen molar-refractivity contribution >= 4 is 0 Å². The molecule has 130 valence electrons. The van der Waals surface area contributed by atoms with E-state index in [1.807, 2.05) is 0 Å². The van der Waals surface area contributed by atoms with E-state index in [0.29, 0.717) is 23.9 Å². The van der Waals surface area contributed by atoms with E-state index in [2.05, 4.69) is 46.4 Å². The molecule has 1 saturated heterocycles. The van der Waals surface area contributed by atoms with Crippen LogP contribution in [0.5, 0.6) is 0 Å². The van der Waals surface area contributed by atoms with Gasteiger partial charge in [-0.1, -0.05) is 0 Å². The first-order valence-electron chi connectivity index (χ1n) is 9.22. The molecule has 1 saturated carbocycles. The Hall–Kier alpha value is -0.120. The van der Waals surface area contributed by atoms with Crippen molar-refractivity contribution in [2.45, 2.75) is 110 Å². The number of piperidine rings is 1. The second-order valence-electron chi connectivity index (χ2n) is 9.13. The van der Waals surface area contributed by atoms with Gasteiger partial charge >= 0.3 is 0 Å². The predicted octanol–water partition coefficient (Wildman–Crippen LogP) is 4.39. The number of rotatable bonds is 3. The summed E-state index contributed by atoms with van der Waals surface area (Å²) in [5.74, 6) is 0. The Bertz CT molecular complexity index is 334. The molecule has 2 atom stereocenters. The molecule has 3 heteroatoms. The van der Waals surface area contributed by atoms with E-state index >= 15 is 0 Å². The lowest BCUT2D eigenvalue weighted by Crippen LogP contribution is -2.48. The summed E-state index contributed by atoms with van der Waals surface area (Å²) in [6.45, 7) is 15.7. The van der Waals surface area contributed by atoms with Crippen molar-refractivity contribution in [3.8, 4) is 0 Å². The van der Waals surface area contributed by atoms with Gasteiger partial charge in [0.25, 0.3) is 0 Å². The van der Waals surface area contributed by atoms with Crippen LogP contribution in [0.15, 0.2) is 0 Å². The van der Waals surface area contributed by atoms with E-state index in [1.54, 1.807) is 0 Å². The van der Waals surface area contributed by atoms with E-state index in [0.717, 1.165) is 6.42 Å². The molecule has 3 nitrogen and oxygen atoms in total. The lowest BCUT2D eigenvalue weighted by Gasteiger charge is -2.42. The molecule has 0 amide bonds. The number of hydrogen-bond donors (Lipinski definition) is 0. The van der Waals surface area contributed by atoms with E-state index in [1.165, 1.54) is 45.2 Å². The fourth-order valence-corrected chi connectivity index (χ4v) is 3.77. The molecular formula is C19H37NO2. The topological polar surface area (TPSA) is 21.7 Å². The second-order valence-corrected chi connectivity index (χ2v) is 9.13. The van der Waals surface area contributed by atoms with Crippen LogP contribution in [0.1, 0.15) is 80.1 Å². The average Bonchev–Trinajstić information content (AvgIpc) is 2.36. The Kier molecular flexibility index (Phi) is 5.95. The number of nitrogens with zero attached hydrogens (tertiary/aromatic N) is 1. The van der Waals surface area contributed by atoms with Gasteiger partial charge in [-0.25, -0.2) is 0 Å². The van der Waals surface area contributed by atoms with E-state index in [9.17, 15) is 0 Å². The van der Waals surface area contributed by atoms with Crippen LogP contribution >= 0.6 is 0 Å². The van der Waals surface area contributed by atoms with Gasteiger partial charge in [-0.05, 0) is 80.1 Å². The van der Waals surface area contributed by atoms with Crippen LogP contribution < -0.4 is 0 Å². The predicted molar refractivity (Wildman–Crippen MR) is 92.3 cm³/mol. The zero-order valence-corrected chi connectivity index (χ0v) is 15.7. The van der Waals surface area contributed by atoms with Crippen molar-refractivity contribution in [1.29, 1.82) is 0 Å². The third-order valence-corrected chi connectivity index (χ3v) is 4.87. The molecule has 0 aromatic carbocycles. The van der Waals surface area contributed by atoms with Gasteiger partial charge in [0.05, 0.1) is 23.9 Å². The maximum absolute atomic E-state index is 6.43. The van der Waals surface area contributed by atoms with Crippen molar-refractivity contribution in [3.05, 3.63) is 0 Å². The Balaban J connectivity index is 1.75. The van der Waals surface area contributed by atoms with Gasteiger partial charge in [-0.15, -0.1) is 0 Å². The van der Waals surface area contributed by atoms with Crippen molar-refractivity contribution < 1.29 is 9.47 Å². The summed E-state index contributed by atoms with van der Waals surface area (Å²) in [6.07, 6.45) is 8.33. The van der Waals surface area contributed by atoms with Crippen LogP contribution in [0.25, 0.3) is 0 Å². The summed E-state index contributed by atoms with van der Waals surface area (Å²) in [4.78, 5) is 2.58. The lowest BCUT2D eigenvalue weighted by atomic mass is 9.93. The maximum atomic E-state index is 6.43. The minimum Gasteiger partial charge on any atom is -0.375 e. The molecule has 2 fully saturated rings. The highest BCUT2D eigenvalue weighted by molar-refractivity contribution is 4.84. The molecule has 0 aromatic heterocycles. The smallest absolute Gasteiger partial charge is 0.0607 e. The largest absolute Gasteiger partial charge is 0.375 e. The molecule has 0 bridgehead atoms. The SMILES string of the molecule is CC(C)(C)O[C@H]1CCC[C@@H](OC2CCN(C(C)(C)C)CC2)C1. The first kappa shape index (κ1) is 18.2. The minimum atomic E-state index is -0.0371. The summed E-state index contributed by atoms with van der Waals surface area (Å²) < 4.78 is 12.6. The van der Waals surface area contributed by atoms with Gasteiger partial charge < -0.3 is 9.47 Å². The average molecular weight is 312 g/mol. The highest BCUT2D eigenvalue weighted by atomic mass is 16.5. The first-order chi connectivity index (χ1) is 10.1. The van der Waals surface area contributed by atoms with Gasteiger partial charge in [0, 0.05) is 18.6 Å². The fourth-order valence-electron chi connectivity index (χ4n) is 3.77. The monoisotopic (exact) mass is 311 g/mol. The number of likely N-dealkylation sites (tertiary alicyclic amines) is 1. The molecule has 1 heterocycles. The molecule has 1 aliphatic heterocycles. The van der Waals surface area contributed by atoms with Gasteiger partial charge in [0.15, 0.2) is 0 Å². The molecule has 0 N–H and O–H groups in total. The normalized spacial score (nSPS) is 29.7. The summed E-state index contributed by atoms with van der Waals surface area (Å²) >= 11 is 0. The van der Waals surface area contributed by atoms with Gasteiger partial charge in [0.2, 0.25) is 0 Å². The second kappa shape index (κ2) is 7.19. The van der Waals surface area contributed by atoms with E-state index in [-0.39, 0.29) is 5.60 Å². The maximum Gasteiger partial charge on any atom is 0.0607 e. The summed E-state index contributed by atoms with van der Waals surface area (Å²) in [5, 5.41) is 0. The molecule has 0 aromatic rings. The molecule has 2 aliphatic rings. The molecular weight excluding hydrogens is 274 g/mol. The van der Waals surface area contributed by atoms with Crippen LogP contribution in [-0.4, -0.2) is 47.4 Å². The molecule has 0 spiro atoms. The van der Waals surface area contributed by atoms with Crippen molar-refractivity contribution in [3.63, 3.8) is 0 Å². The summed E-state index contributed by atoms with van der Waals surface area (Å²) in [5.41, 5.74) is 0.256. The third-order valence-electron chi connectivity index (χ3n) is 4.87. The van der Waals surface area contributed by atoms with E-state index < -0.39 is 0 Å². The van der Waals surface area contributed by atoms with Crippen molar-refractivity contribution in [2.24, 2.45) is 0 Å². The lowest BCUT2D eigenvalue weighted by molar-refractivity contribution is -0.123. The van der Waals surface area contributed by atoms with Crippen LogP contribution in [0, 0.1) is 0 Å². The molecule has 1 aliphatic carbocycles. The minimum absolute atomic E-state index is 0.0371. The Morgan fingerprint density at radius 2 is 1.36 bits per heavy atom. The number of hydrogen-bond acceptors (Lipinski definition) is 3. The standard InChI is InChI=1S/C19H37NO2/c1-18(2,3)20-12-10-15(11-13-20)21-16-8-7-9-17(14-16)22-19(4,5)6/h15-17H,7-14H2,1-6H3/t16-,17+/m1/s1. The fraction of sp³-hybridized carbons (Fsp3) is 1.00. The van der Waals surface area contributed by atoms with Crippen LogP contribution in [0.3, 0.4) is 0 Å². The van der Waals surface area contributed by atoms with Crippen LogP contribution in [0.4, 0.5) is 0 Å². The zero-order valence-electron chi connectivity index (χ0n) is 15.7. The first-order valence-corrected chi connectivity index (χ1v) is 9.22. The summed E-state index contributed by atoms with van der Waals surface area (Å²) in [7, 11) is 0. The summed E-state index contributed by atoms with van der Waals surface area (Å²) in [6, 6.07) is 0. The molecule has 0 radical (unpaired) electrons. The van der Waals surface area contributed by atoms with Crippen LogP contribution in [-0.2, 0) is 9.47 Å². The van der Waals surface area contributed by atoms with Gasteiger partial charge in [-0.3, -0.25) is 4.90 Å². The third kappa shape index (κ3) is 5.82. The number of ether oxygens (including phenoxy) is 2. The zero-order chi connectivity index (χ0) is 16.4.